The average molecular weight is 301 g/mol. The molecule has 0 spiro atoms. The van der Waals surface area contributed by atoms with E-state index in [2.05, 4.69) is 19.2 Å². The van der Waals surface area contributed by atoms with Gasteiger partial charge in [0.05, 0.1) is 18.8 Å². The van der Waals surface area contributed by atoms with Crippen LogP contribution < -0.4 is 5.32 Å². The van der Waals surface area contributed by atoms with Crippen LogP contribution in [0.5, 0.6) is 0 Å². The quantitative estimate of drug-likeness (QED) is 0.563. The molecule has 2 unspecified atom stereocenters. The van der Waals surface area contributed by atoms with E-state index in [1.807, 2.05) is 0 Å². The summed E-state index contributed by atoms with van der Waals surface area (Å²) in [5.41, 5.74) is 0.0549. The molecule has 1 saturated carbocycles. The van der Waals surface area contributed by atoms with Gasteiger partial charge in [0.25, 0.3) is 0 Å². The van der Waals surface area contributed by atoms with Crippen molar-refractivity contribution >= 4 is 0 Å². The molecule has 21 heavy (non-hydrogen) atoms. The molecule has 1 aliphatic carbocycles. The molecule has 0 aromatic heterocycles. The Bertz CT molecular complexity index is 250. The first-order valence-corrected chi connectivity index (χ1v) is 8.64. The maximum atomic E-state index is 6.32. The van der Waals surface area contributed by atoms with E-state index in [0.29, 0.717) is 13.2 Å². The van der Waals surface area contributed by atoms with Gasteiger partial charge in [-0.2, -0.15) is 0 Å². The summed E-state index contributed by atoms with van der Waals surface area (Å²) in [5.74, 6) is 0.778. The normalized spacial score (nSPS) is 26.1. The van der Waals surface area contributed by atoms with Crippen molar-refractivity contribution in [2.24, 2.45) is 5.92 Å². The summed E-state index contributed by atoms with van der Waals surface area (Å²) in [6.07, 6.45) is 7.16. The zero-order valence-electron chi connectivity index (χ0n) is 14.3. The van der Waals surface area contributed by atoms with Crippen LogP contribution in [0.2, 0.25) is 0 Å². The lowest BCUT2D eigenvalue weighted by atomic mass is 9.78. The number of rotatable bonds is 12. The first-order chi connectivity index (χ1) is 10.2. The molecule has 4 nitrogen and oxygen atoms in total. The minimum atomic E-state index is 0.0549. The summed E-state index contributed by atoms with van der Waals surface area (Å²) in [6.45, 7) is 9.55. The zero-order chi connectivity index (χ0) is 15.4. The summed E-state index contributed by atoms with van der Waals surface area (Å²) in [5, 5.41) is 3.56. The molecule has 0 aromatic rings. The molecule has 0 aliphatic heterocycles. The maximum absolute atomic E-state index is 6.32. The van der Waals surface area contributed by atoms with Crippen molar-refractivity contribution in [3.05, 3.63) is 0 Å². The van der Waals surface area contributed by atoms with E-state index in [1.165, 1.54) is 32.1 Å². The van der Waals surface area contributed by atoms with Crippen molar-refractivity contribution in [3.8, 4) is 0 Å². The third-order valence-corrected chi connectivity index (χ3v) is 4.20. The highest BCUT2D eigenvalue weighted by atomic mass is 16.5. The summed E-state index contributed by atoms with van der Waals surface area (Å²) >= 11 is 0. The molecule has 126 valence electrons. The summed E-state index contributed by atoms with van der Waals surface area (Å²) in [6, 6.07) is 0. The third kappa shape index (κ3) is 8.15. The smallest absolute Gasteiger partial charge is 0.0808 e. The van der Waals surface area contributed by atoms with Crippen LogP contribution in [0.4, 0.5) is 0 Å². The van der Waals surface area contributed by atoms with Gasteiger partial charge in [-0.05, 0) is 38.1 Å². The molecule has 0 saturated heterocycles. The number of nitrogens with one attached hydrogen (secondary N) is 1. The van der Waals surface area contributed by atoms with E-state index in [9.17, 15) is 0 Å². The second-order valence-electron chi connectivity index (χ2n) is 6.37. The monoisotopic (exact) mass is 301 g/mol. The lowest BCUT2D eigenvalue weighted by molar-refractivity contribution is -0.0844. The zero-order valence-corrected chi connectivity index (χ0v) is 14.3. The molecule has 0 radical (unpaired) electrons. The molecule has 1 aliphatic rings. The molecule has 0 heterocycles. The molecule has 0 aromatic carbocycles. The first kappa shape index (κ1) is 18.9. The average Bonchev–Trinajstić information content (AvgIpc) is 2.47. The van der Waals surface area contributed by atoms with E-state index >= 15 is 0 Å². The molecule has 2 atom stereocenters. The van der Waals surface area contributed by atoms with Crippen molar-refractivity contribution in [2.75, 3.05) is 46.6 Å². The summed E-state index contributed by atoms with van der Waals surface area (Å²) < 4.78 is 16.8. The predicted octanol–water partition coefficient (Wildman–Crippen LogP) is 3.00. The second kappa shape index (κ2) is 11.4. The van der Waals surface area contributed by atoms with Crippen LogP contribution in [0.25, 0.3) is 0 Å². The Morgan fingerprint density at radius 2 is 2.05 bits per heavy atom. The van der Waals surface area contributed by atoms with E-state index in [0.717, 1.165) is 38.6 Å². The Morgan fingerprint density at radius 3 is 2.76 bits per heavy atom. The molecule has 1 rings (SSSR count). The minimum Gasteiger partial charge on any atom is -0.382 e. The standard InChI is InChI=1S/C17H35NO3/c1-4-9-18-15-17(8-5-7-16(2)14-17)21-11-6-10-20-13-12-19-3/h16,18H,4-15H2,1-3H3. The van der Waals surface area contributed by atoms with Crippen molar-refractivity contribution in [3.63, 3.8) is 0 Å². The highest BCUT2D eigenvalue weighted by Gasteiger charge is 2.35. The topological polar surface area (TPSA) is 39.7 Å². The summed E-state index contributed by atoms with van der Waals surface area (Å²) in [4.78, 5) is 0. The molecule has 0 bridgehead atoms. The fourth-order valence-corrected chi connectivity index (χ4v) is 3.14. The van der Waals surface area contributed by atoms with Gasteiger partial charge in [0.2, 0.25) is 0 Å². The van der Waals surface area contributed by atoms with Crippen LogP contribution in [0.3, 0.4) is 0 Å². The number of hydrogen-bond donors (Lipinski definition) is 1. The van der Waals surface area contributed by atoms with Crippen LogP contribution >= 0.6 is 0 Å². The van der Waals surface area contributed by atoms with Gasteiger partial charge in [0.1, 0.15) is 0 Å². The Kier molecular flexibility index (Phi) is 10.3. The lowest BCUT2D eigenvalue weighted by Crippen LogP contribution is -2.47. The van der Waals surface area contributed by atoms with Gasteiger partial charge in [-0.1, -0.05) is 26.7 Å². The predicted molar refractivity (Wildman–Crippen MR) is 86.8 cm³/mol. The Labute approximate surface area is 130 Å². The second-order valence-corrected chi connectivity index (χ2v) is 6.37. The van der Waals surface area contributed by atoms with Crippen LogP contribution in [-0.2, 0) is 14.2 Å². The molecule has 4 heteroatoms. The number of methoxy groups -OCH3 is 1. The fourth-order valence-electron chi connectivity index (χ4n) is 3.14. The molecule has 0 amide bonds. The largest absolute Gasteiger partial charge is 0.382 e. The van der Waals surface area contributed by atoms with Gasteiger partial charge >= 0.3 is 0 Å². The first-order valence-electron chi connectivity index (χ1n) is 8.64. The van der Waals surface area contributed by atoms with Crippen LogP contribution in [-0.4, -0.2) is 52.2 Å². The third-order valence-electron chi connectivity index (χ3n) is 4.20. The van der Waals surface area contributed by atoms with Crippen molar-refractivity contribution in [1.82, 2.24) is 5.32 Å². The van der Waals surface area contributed by atoms with Crippen molar-refractivity contribution in [2.45, 2.75) is 58.0 Å². The van der Waals surface area contributed by atoms with Crippen molar-refractivity contribution in [1.29, 1.82) is 0 Å². The van der Waals surface area contributed by atoms with E-state index < -0.39 is 0 Å². The van der Waals surface area contributed by atoms with Crippen LogP contribution in [0, 0.1) is 5.92 Å². The highest BCUT2D eigenvalue weighted by Crippen LogP contribution is 2.34. The Morgan fingerprint density at radius 1 is 1.19 bits per heavy atom. The minimum absolute atomic E-state index is 0.0549. The Balaban J connectivity index is 2.25. The van der Waals surface area contributed by atoms with E-state index in [1.54, 1.807) is 7.11 Å². The van der Waals surface area contributed by atoms with E-state index in [4.69, 9.17) is 14.2 Å². The molecule has 1 N–H and O–H groups in total. The van der Waals surface area contributed by atoms with Crippen LogP contribution in [0.15, 0.2) is 0 Å². The van der Waals surface area contributed by atoms with Gasteiger partial charge < -0.3 is 19.5 Å². The number of hydrogen-bond acceptors (Lipinski definition) is 4. The van der Waals surface area contributed by atoms with Crippen LogP contribution in [0.1, 0.15) is 52.4 Å². The van der Waals surface area contributed by atoms with Gasteiger partial charge in [0, 0.05) is 26.9 Å². The maximum Gasteiger partial charge on any atom is 0.0808 e. The van der Waals surface area contributed by atoms with Gasteiger partial charge in [-0.3, -0.25) is 0 Å². The molecular formula is C17H35NO3. The highest BCUT2D eigenvalue weighted by molar-refractivity contribution is 4.89. The van der Waals surface area contributed by atoms with E-state index in [-0.39, 0.29) is 5.60 Å². The number of ether oxygens (including phenoxy) is 3. The molecular weight excluding hydrogens is 266 g/mol. The van der Waals surface area contributed by atoms with Gasteiger partial charge in [0.15, 0.2) is 0 Å². The Hall–Kier alpha value is -0.160. The van der Waals surface area contributed by atoms with Gasteiger partial charge in [-0.15, -0.1) is 0 Å². The lowest BCUT2D eigenvalue weighted by Gasteiger charge is -2.40. The fraction of sp³-hybridized carbons (Fsp3) is 1.00. The van der Waals surface area contributed by atoms with Gasteiger partial charge in [-0.25, -0.2) is 0 Å². The molecule has 1 fully saturated rings. The van der Waals surface area contributed by atoms with Crippen molar-refractivity contribution < 1.29 is 14.2 Å². The summed E-state index contributed by atoms with van der Waals surface area (Å²) in [7, 11) is 1.70. The SMILES string of the molecule is CCCNCC1(OCCCOCCOC)CCCC(C)C1.